The van der Waals surface area contributed by atoms with E-state index in [1.807, 2.05) is 21.1 Å². The van der Waals surface area contributed by atoms with E-state index in [4.69, 9.17) is 18.5 Å². The minimum Gasteiger partial charge on any atom is -0.756 e. The van der Waals surface area contributed by atoms with Gasteiger partial charge in [0.1, 0.15) is 19.8 Å². The monoisotopic (exact) mass is 1450 g/mol. The molecule has 0 bridgehead atoms. The third-order valence-corrected chi connectivity index (χ3v) is 20.9. The van der Waals surface area contributed by atoms with Gasteiger partial charge in [-0.1, -0.05) is 420 Å². The molecule has 0 aromatic carbocycles. The van der Waals surface area contributed by atoms with E-state index in [-0.39, 0.29) is 32.0 Å². The first-order chi connectivity index (χ1) is 50.0. The lowest BCUT2D eigenvalue weighted by atomic mass is 10.0. The van der Waals surface area contributed by atoms with Crippen molar-refractivity contribution in [2.24, 2.45) is 0 Å². The van der Waals surface area contributed by atoms with E-state index in [0.29, 0.717) is 17.4 Å². The van der Waals surface area contributed by atoms with Crippen LogP contribution in [0, 0.1) is 0 Å². The number of phosphoric acid groups is 1. The van der Waals surface area contributed by atoms with Crippen molar-refractivity contribution in [3.63, 3.8) is 0 Å². The van der Waals surface area contributed by atoms with Gasteiger partial charge in [-0.2, -0.15) is 0 Å². The van der Waals surface area contributed by atoms with Crippen LogP contribution in [0.15, 0.2) is 85.1 Å². The number of nitrogens with zero attached hydrogens (tertiary/aromatic N) is 1. The van der Waals surface area contributed by atoms with Crippen LogP contribution >= 0.6 is 7.82 Å². The number of carbonyl (C=O) groups is 2. The van der Waals surface area contributed by atoms with Gasteiger partial charge in [0.2, 0.25) is 0 Å². The quantitative estimate of drug-likeness (QED) is 0.0195. The average Bonchev–Trinajstić information content (AvgIpc) is 0.914. The molecule has 0 aliphatic carbocycles. The third-order valence-electron chi connectivity index (χ3n) is 19.9. The zero-order valence-electron chi connectivity index (χ0n) is 68.3. The molecular weight excluding hydrogens is 1280 g/mol. The summed E-state index contributed by atoms with van der Waals surface area (Å²) in [6, 6.07) is 0. The molecule has 0 saturated heterocycles. The Hall–Kier alpha value is -2.81. The molecule has 0 heterocycles. The largest absolute Gasteiger partial charge is 0.756 e. The number of unbranched alkanes of at least 4 members (excludes halogenated alkanes) is 55. The second-order valence-electron chi connectivity index (χ2n) is 31.2. The number of rotatable bonds is 83. The number of hydrogen-bond acceptors (Lipinski definition) is 8. The number of phosphoric ester groups is 1. The molecule has 0 N–H and O–H groups in total. The van der Waals surface area contributed by atoms with Gasteiger partial charge in [0.25, 0.3) is 7.82 Å². The number of likely N-dealkylation sites (N-methyl/N-ethyl adjacent to an activating group) is 1. The first kappa shape index (κ1) is 99.2. The first-order valence-corrected chi connectivity index (χ1v) is 45.8. The minimum absolute atomic E-state index is 0.0293. The summed E-state index contributed by atoms with van der Waals surface area (Å²) in [6.45, 7) is 4.20. The van der Waals surface area contributed by atoms with Crippen LogP contribution in [0.3, 0.4) is 0 Å². The number of ether oxygens (including phenoxy) is 2. The summed E-state index contributed by atoms with van der Waals surface area (Å²) in [7, 11) is 1.19. The van der Waals surface area contributed by atoms with Crippen LogP contribution in [0.5, 0.6) is 0 Å². The third kappa shape index (κ3) is 86.1. The minimum atomic E-state index is -4.65. The SMILES string of the molecule is CC/C=C\C/C=C\C/C=C\C/C=C\C/C=C\C/C=C\CCCCCCCCCCCCCCCCCCCCCCC(=O)OC(COC(=O)CCCCCCCCCCCCCCCCCCCCCCCCCCCCC/C=C\CCCCCCCCCC)COP(=O)([O-])OCC[N+](C)(C)C. The molecule has 2 unspecified atom stereocenters. The molecule has 102 heavy (non-hydrogen) atoms. The van der Waals surface area contributed by atoms with Gasteiger partial charge < -0.3 is 27.9 Å². The normalized spacial score (nSPS) is 13.4. The maximum Gasteiger partial charge on any atom is 0.306 e. The fourth-order valence-electron chi connectivity index (χ4n) is 13.2. The second kappa shape index (κ2) is 82.3. The predicted molar refractivity (Wildman–Crippen MR) is 443 cm³/mol. The van der Waals surface area contributed by atoms with Crippen molar-refractivity contribution in [3.8, 4) is 0 Å². The van der Waals surface area contributed by atoms with Gasteiger partial charge in [-0.05, 0) is 89.9 Å². The molecule has 0 aliphatic rings. The Morgan fingerprint density at radius 2 is 0.559 bits per heavy atom. The maximum atomic E-state index is 12.9. The number of hydrogen-bond donors (Lipinski definition) is 0. The van der Waals surface area contributed by atoms with Gasteiger partial charge in [-0.25, -0.2) is 0 Å². The van der Waals surface area contributed by atoms with Crippen LogP contribution in [0.4, 0.5) is 0 Å². The van der Waals surface area contributed by atoms with Crippen LogP contribution in [0.25, 0.3) is 0 Å². The average molecular weight is 1450 g/mol. The van der Waals surface area contributed by atoms with Crippen molar-refractivity contribution in [1.82, 2.24) is 0 Å². The molecule has 0 aromatic heterocycles. The molecule has 0 rings (SSSR count). The molecule has 596 valence electrons. The van der Waals surface area contributed by atoms with E-state index >= 15 is 0 Å². The van der Waals surface area contributed by atoms with Gasteiger partial charge in [-0.3, -0.25) is 14.2 Å². The zero-order chi connectivity index (χ0) is 74.0. The molecule has 9 nitrogen and oxygen atoms in total. The molecule has 0 saturated carbocycles. The fraction of sp³-hybridized carbons (Fsp3) is 0.826. The highest BCUT2D eigenvalue weighted by Crippen LogP contribution is 2.38. The van der Waals surface area contributed by atoms with E-state index in [0.717, 1.165) is 77.0 Å². The molecule has 10 heteroatoms. The summed E-state index contributed by atoms with van der Waals surface area (Å²) in [5, 5.41) is 0. The summed E-state index contributed by atoms with van der Waals surface area (Å²) in [4.78, 5) is 38.3. The Bertz CT molecular complexity index is 2000. The van der Waals surface area contributed by atoms with Crippen LogP contribution < -0.4 is 4.89 Å². The van der Waals surface area contributed by atoms with E-state index < -0.39 is 26.5 Å². The highest BCUT2D eigenvalue weighted by Gasteiger charge is 2.22. The lowest BCUT2D eigenvalue weighted by molar-refractivity contribution is -0.870. The Morgan fingerprint density at radius 1 is 0.314 bits per heavy atom. The first-order valence-electron chi connectivity index (χ1n) is 44.3. The molecule has 0 aromatic rings. The van der Waals surface area contributed by atoms with Crippen LogP contribution in [0.2, 0.25) is 0 Å². The lowest BCUT2D eigenvalue weighted by Gasteiger charge is -2.28. The molecule has 0 spiro atoms. The van der Waals surface area contributed by atoms with Crippen molar-refractivity contribution in [2.75, 3.05) is 47.5 Å². The fourth-order valence-corrected chi connectivity index (χ4v) is 13.9. The Kier molecular flexibility index (Phi) is 80.0. The summed E-state index contributed by atoms with van der Waals surface area (Å²) in [5.41, 5.74) is 0. The number of allylic oxidation sites excluding steroid dienone is 14. The van der Waals surface area contributed by atoms with Crippen molar-refractivity contribution in [3.05, 3.63) is 85.1 Å². The Morgan fingerprint density at radius 3 is 0.843 bits per heavy atom. The van der Waals surface area contributed by atoms with E-state index in [1.165, 1.54) is 327 Å². The van der Waals surface area contributed by atoms with Crippen LogP contribution in [0.1, 0.15) is 438 Å². The van der Waals surface area contributed by atoms with Gasteiger partial charge in [0, 0.05) is 12.8 Å². The number of carbonyl (C=O) groups excluding carboxylic acids is 2. The summed E-state index contributed by atoms with van der Waals surface area (Å²) < 4.78 is 34.5. The number of quaternary nitrogens is 1. The summed E-state index contributed by atoms with van der Waals surface area (Å²) >= 11 is 0. The second-order valence-corrected chi connectivity index (χ2v) is 32.6. The lowest BCUT2D eigenvalue weighted by Crippen LogP contribution is -2.37. The summed E-state index contributed by atoms with van der Waals surface area (Å²) in [5.74, 6) is -0.810. The maximum absolute atomic E-state index is 12.9. The molecule has 0 fully saturated rings. The molecular formula is C92H170NO8P. The molecule has 0 aliphatic heterocycles. The van der Waals surface area contributed by atoms with Gasteiger partial charge in [0.05, 0.1) is 27.7 Å². The topological polar surface area (TPSA) is 111 Å². The predicted octanol–water partition coefficient (Wildman–Crippen LogP) is 29.3. The molecule has 2 atom stereocenters. The van der Waals surface area contributed by atoms with E-state index in [1.54, 1.807) is 0 Å². The highest BCUT2D eigenvalue weighted by molar-refractivity contribution is 7.45. The Balaban J connectivity index is 3.87. The Labute approximate surface area is 634 Å². The van der Waals surface area contributed by atoms with E-state index in [2.05, 4.69) is 98.9 Å². The smallest absolute Gasteiger partial charge is 0.306 e. The van der Waals surface area contributed by atoms with Crippen LogP contribution in [-0.2, 0) is 32.7 Å². The van der Waals surface area contributed by atoms with Crippen molar-refractivity contribution < 1.29 is 42.1 Å². The molecule has 0 amide bonds. The number of esters is 2. The van der Waals surface area contributed by atoms with Crippen molar-refractivity contribution in [2.45, 2.75) is 444 Å². The van der Waals surface area contributed by atoms with E-state index in [9.17, 15) is 19.0 Å². The van der Waals surface area contributed by atoms with Gasteiger partial charge >= 0.3 is 11.9 Å². The van der Waals surface area contributed by atoms with Crippen molar-refractivity contribution >= 4 is 19.8 Å². The highest BCUT2D eigenvalue weighted by atomic mass is 31.2. The molecule has 0 radical (unpaired) electrons. The van der Waals surface area contributed by atoms with Crippen LogP contribution in [-0.4, -0.2) is 70.0 Å². The summed E-state index contributed by atoms with van der Waals surface area (Å²) in [6.07, 6.45) is 115. The van der Waals surface area contributed by atoms with Gasteiger partial charge in [-0.15, -0.1) is 0 Å². The van der Waals surface area contributed by atoms with Crippen molar-refractivity contribution in [1.29, 1.82) is 0 Å². The zero-order valence-corrected chi connectivity index (χ0v) is 69.2. The van der Waals surface area contributed by atoms with Gasteiger partial charge in [0.15, 0.2) is 6.10 Å². The standard InChI is InChI=1S/C92H170NO8P/c1-6-8-10-12-14-16-18-20-22-24-26-28-30-32-34-36-38-40-42-44-46-48-50-52-54-56-58-60-62-64-66-68-70-72-74-76-78-80-82-84-91(94)98-88-90(89-100-102(96,97)99-87-86-93(3,4)5)101-92(95)85-83-81-79-77-75-73-71-69-67-65-63-61-59-57-55-53-51-49-47-45-43-41-39-37-35-33-31-29-27-25-23-21-19-17-15-13-11-9-7-2/h9,11,15,17,21,23-24,26-27,29,33,35,39,41,90H,6-8,10,12-14,16,18-20,22,25,28,30-32,34,36-38,40,42-89H2,1-5H3/b11-9-,17-15-,23-21-,26-24-,29-27-,35-33-,41-39-.